The van der Waals surface area contributed by atoms with E-state index in [1.165, 1.54) is 0 Å². The first kappa shape index (κ1) is 18.9. The number of aliphatic carboxylic acids is 1. The Bertz CT molecular complexity index is 716. The molecular formula is C18H17ClINO3. The summed E-state index contributed by atoms with van der Waals surface area (Å²) in [6.07, 6.45) is 0.422. The Morgan fingerprint density at radius 2 is 1.50 bits per heavy atom. The van der Waals surface area contributed by atoms with Crippen LogP contribution < -0.4 is 5.73 Å². The van der Waals surface area contributed by atoms with Crippen LogP contribution in [-0.2, 0) is 22.4 Å². The van der Waals surface area contributed by atoms with Gasteiger partial charge in [-0.15, -0.1) is 0 Å². The fourth-order valence-electron chi connectivity index (χ4n) is 2.40. The molecule has 0 aliphatic rings. The van der Waals surface area contributed by atoms with Crippen LogP contribution in [-0.4, -0.2) is 22.9 Å². The van der Waals surface area contributed by atoms with Gasteiger partial charge in [0.1, 0.15) is 5.92 Å². The Labute approximate surface area is 159 Å². The molecule has 2 rings (SSSR count). The largest absolute Gasteiger partial charge is 0.481 e. The maximum absolute atomic E-state index is 12.5. The number of nitrogens with two attached hydrogens (primary N) is 1. The molecule has 0 saturated carbocycles. The fourth-order valence-corrected chi connectivity index (χ4v) is 2.88. The van der Waals surface area contributed by atoms with Gasteiger partial charge >= 0.3 is 5.97 Å². The monoisotopic (exact) mass is 457 g/mol. The third-order valence-electron chi connectivity index (χ3n) is 3.73. The van der Waals surface area contributed by atoms with E-state index in [4.69, 9.17) is 17.3 Å². The average molecular weight is 458 g/mol. The molecule has 2 atom stereocenters. The Hall–Kier alpha value is -1.44. The van der Waals surface area contributed by atoms with Gasteiger partial charge in [-0.25, -0.2) is 0 Å². The van der Waals surface area contributed by atoms with E-state index in [0.29, 0.717) is 5.02 Å². The van der Waals surface area contributed by atoms with E-state index in [2.05, 4.69) is 22.6 Å². The molecule has 0 radical (unpaired) electrons. The second kappa shape index (κ2) is 8.60. The van der Waals surface area contributed by atoms with Gasteiger partial charge in [0, 0.05) is 8.59 Å². The van der Waals surface area contributed by atoms with Crippen molar-refractivity contribution in [3.05, 3.63) is 68.3 Å². The van der Waals surface area contributed by atoms with Crippen molar-refractivity contribution in [1.82, 2.24) is 0 Å². The molecule has 4 nitrogen and oxygen atoms in total. The lowest BCUT2D eigenvalue weighted by molar-refractivity contribution is -0.146. The molecule has 0 fully saturated rings. The zero-order valence-corrected chi connectivity index (χ0v) is 15.7. The third-order valence-corrected chi connectivity index (χ3v) is 4.70. The molecule has 0 bridgehead atoms. The number of halogens is 2. The minimum Gasteiger partial charge on any atom is -0.481 e. The van der Waals surface area contributed by atoms with Crippen molar-refractivity contribution in [3.8, 4) is 0 Å². The molecule has 0 aliphatic carbocycles. The summed E-state index contributed by atoms with van der Waals surface area (Å²) in [5, 5.41) is 10.0. The van der Waals surface area contributed by atoms with Crippen LogP contribution in [0, 0.1) is 9.49 Å². The van der Waals surface area contributed by atoms with Gasteiger partial charge in [0.25, 0.3) is 0 Å². The number of hydrogen-bond acceptors (Lipinski definition) is 3. The van der Waals surface area contributed by atoms with E-state index in [9.17, 15) is 14.7 Å². The average Bonchev–Trinajstić information content (AvgIpc) is 2.55. The molecule has 0 heterocycles. The number of carboxylic acids is 1. The molecule has 0 amide bonds. The lowest BCUT2D eigenvalue weighted by Crippen LogP contribution is -2.41. The van der Waals surface area contributed by atoms with Gasteiger partial charge in [-0.1, -0.05) is 35.9 Å². The van der Waals surface area contributed by atoms with E-state index in [-0.39, 0.29) is 12.8 Å². The van der Waals surface area contributed by atoms with Crippen LogP contribution >= 0.6 is 34.2 Å². The highest BCUT2D eigenvalue weighted by Crippen LogP contribution is 2.16. The smallest absolute Gasteiger partial charge is 0.314 e. The summed E-state index contributed by atoms with van der Waals surface area (Å²) in [6, 6.07) is 13.6. The fraction of sp³-hybridized carbons (Fsp3) is 0.222. The summed E-state index contributed by atoms with van der Waals surface area (Å²) in [6.45, 7) is 0. The molecule has 3 N–H and O–H groups in total. The summed E-state index contributed by atoms with van der Waals surface area (Å²) in [4.78, 5) is 24.0. The van der Waals surface area contributed by atoms with Crippen molar-refractivity contribution in [2.75, 3.05) is 0 Å². The molecular weight excluding hydrogens is 441 g/mol. The Morgan fingerprint density at radius 1 is 1.00 bits per heavy atom. The van der Waals surface area contributed by atoms with Gasteiger partial charge in [0.2, 0.25) is 0 Å². The van der Waals surface area contributed by atoms with E-state index in [1.54, 1.807) is 24.3 Å². The van der Waals surface area contributed by atoms with Crippen LogP contribution in [0.1, 0.15) is 11.1 Å². The van der Waals surface area contributed by atoms with E-state index >= 15 is 0 Å². The number of carboxylic acid groups (broad SMARTS) is 1. The lowest BCUT2D eigenvalue weighted by Gasteiger charge is -2.17. The van der Waals surface area contributed by atoms with Crippen LogP contribution in [0.5, 0.6) is 0 Å². The molecule has 0 spiro atoms. The topological polar surface area (TPSA) is 80.4 Å². The number of rotatable bonds is 7. The minimum absolute atomic E-state index is 0.138. The lowest BCUT2D eigenvalue weighted by atomic mass is 9.89. The normalized spacial score (nSPS) is 13.3. The van der Waals surface area contributed by atoms with Crippen molar-refractivity contribution in [3.63, 3.8) is 0 Å². The zero-order valence-electron chi connectivity index (χ0n) is 12.8. The SMILES string of the molecule is N[C@@H](Cc1ccc(Cl)cc1)C(=O)C(Cc1ccc(I)cc1)C(=O)O. The van der Waals surface area contributed by atoms with Gasteiger partial charge in [-0.3, -0.25) is 9.59 Å². The standard InChI is InChI=1S/C18H17ClINO3/c19-13-5-1-12(2-6-13)10-16(21)17(22)15(18(23)24)9-11-3-7-14(20)8-4-11/h1-8,15-16H,9-10,21H2,(H,23,24)/t15?,16-/m0/s1. The molecule has 0 aliphatic heterocycles. The minimum atomic E-state index is -1.15. The molecule has 126 valence electrons. The molecule has 0 saturated heterocycles. The Balaban J connectivity index is 2.08. The van der Waals surface area contributed by atoms with Crippen molar-refractivity contribution < 1.29 is 14.7 Å². The van der Waals surface area contributed by atoms with Gasteiger partial charge in [0.15, 0.2) is 5.78 Å². The Kier molecular flexibility index (Phi) is 6.77. The van der Waals surface area contributed by atoms with Crippen molar-refractivity contribution in [2.24, 2.45) is 11.7 Å². The first-order valence-electron chi connectivity index (χ1n) is 7.38. The number of hydrogen-bond donors (Lipinski definition) is 2. The summed E-state index contributed by atoms with van der Waals surface area (Å²) in [5.41, 5.74) is 7.60. The number of carbonyl (C=O) groups is 2. The van der Waals surface area contributed by atoms with E-state index < -0.39 is 23.7 Å². The number of benzene rings is 2. The predicted octanol–water partition coefficient (Wildman–Crippen LogP) is 3.33. The maximum Gasteiger partial charge on any atom is 0.314 e. The van der Waals surface area contributed by atoms with Crippen LogP contribution in [0.4, 0.5) is 0 Å². The number of Topliss-reactive ketones (excluding diaryl/α,β-unsaturated/α-hetero) is 1. The zero-order chi connectivity index (χ0) is 17.7. The first-order valence-corrected chi connectivity index (χ1v) is 8.83. The molecule has 1 unspecified atom stereocenters. The van der Waals surface area contributed by atoms with Gasteiger partial charge in [-0.2, -0.15) is 0 Å². The summed E-state index contributed by atoms with van der Waals surface area (Å²) in [7, 11) is 0. The summed E-state index contributed by atoms with van der Waals surface area (Å²) < 4.78 is 1.05. The van der Waals surface area contributed by atoms with Crippen LogP contribution in [0.15, 0.2) is 48.5 Å². The Morgan fingerprint density at radius 3 is 2.04 bits per heavy atom. The van der Waals surface area contributed by atoms with Crippen molar-refractivity contribution >= 4 is 45.9 Å². The quantitative estimate of drug-likeness (QED) is 0.494. The van der Waals surface area contributed by atoms with Gasteiger partial charge in [-0.05, 0) is 70.8 Å². The second-order valence-electron chi connectivity index (χ2n) is 5.56. The maximum atomic E-state index is 12.5. The van der Waals surface area contributed by atoms with Crippen LogP contribution in [0.3, 0.4) is 0 Å². The molecule has 24 heavy (non-hydrogen) atoms. The van der Waals surface area contributed by atoms with Crippen molar-refractivity contribution in [2.45, 2.75) is 18.9 Å². The number of ketones is 1. The van der Waals surface area contributed by atoms with E-state index in [1.807, 2.05) is 24.3 Å². The van der Waals surface area contributed by atoms with E-state index in [0.717, 1.165) is 14.7 Å². The molecule has 2 aromatic rings. The summed E-state index contributed by atoms with van der Waals surface area (Å²) in [5.74, 6) is -2.76. The first-order chi connectivity index (χ1) is 11.4. The highest BCUT2D eigenvalue weighted by Gasteiger charge is 2.30. The predicted molar refractivity (Wildman–Crippen MR) is 102 cm³/mol. The van der Waals surface area contributed by atoms with Crippen LogP contribution in [0.25, 0.3) is 0 Å². The van der Waals surface area contributed by atoms with Crippen molar-refractivity contribution in [1.29, 1.82) is 0 Å². The molecule has 2 aromatic carbocycles. The summed E-state index contributed by atoms with van der Waals surface area (Å²) >= 11 is 8.00. The number of carbonyl (C=O) groups excluding carboxylic acids is 1. The molecule has 0 aromatic heterocycles. The van der Waals surface area contributed by atoms with Gasteiger partial charge in [0.05, 0.1) is 6.04 Å². The highest BCUT2D eigenvalue weighted by atomic mass is 127. The highest BCUT2D eigenvalue weighted by molar-refractivity contribution is 14.1. The van der Waals surface area contributed by atoms with Gasteiger partial charge < -0.3 is 10.8 Å². The second-order valence-corrected chi connectivity index (χ2v) is 7.24. The van der Waals surface area contributed by atoms with Crippen LogP contribution in [0.2, 0.25) is 5.02 Å². The third kappa shape index (κ3) is 5.29. The molecule has 6 heteroatoms.